The summed E-state index contributed by atoms with van der Waals surface area (Å²) in [5.74, 6) is -1.04. The molecule has 0 heterocycles. The molecule has 1 aromatic carbocycles. The first-order valence-electron chi connectivity index (χ1n) is 6.01. The predicted octanol–water partition coefficient (Wildman–Crippen LogP) is -0.733. The van der Waals surface area contributed by atoms with Crippen LogP contribution in [-0.2, 0) is 9.59 Å². The Hall–Kier alpha value is -1.92. The fourth-order valence-electron chi connectivity index (χ4n) is 1.96. The van der Waals surface area contributed by atoms with Crippen LogP contribution in [0, 0.1) is 6.92 Å². The number of amides is 2. The topological polar surface area (TPSA) is 115 Å². The summed E-state index contributed by atoms with van der Waals surface area (Å²) in [5.41, 5.74) is 18.2. The van der Waals surface area contributed by atoms with Crippen molar-refractivity contribution in [3.63, 3.8) is 0 Å². The van der Waals surface area contributed by atoms with Crippen molar-refractivity contribution in [2.75, 3.05) is 19.6 Å². The van der Waals surface area contributed by atoms with Gasteiger partial charge in [0.15, 0.2) is 0 Å². The van der Waals surface area contributed by atoms with Gasteiger partial charge in [-0.3, -0.25) is 14.5 Å². The first-order chi connectivity index (χ1) is 8.93. The molecule has 0 spiro atoms. The fraction of sp³-hybridized carbons (Fsp3) is 0.385. The van der Waals surface area contributed by atoms with Crippen LogP contribution in [0.5, 0.6) is 0 Å². The van der Waals surface area contributed by atoms with Crippen LogP contribution in [-0.4, -0.2) is 36.3 Å². The molecular formula is C13H20N4O2. The molecule has 0 aliphatic rings. The van der Waals surface area contributed by atoms with Gasteiger partial charge in [0.05, 0.1) is 13.1 Å². The number of benzene rings is 1. The van der Waals surface area contributed by atoms with Gasteiger partial charge in [-0.25, -0.2) is 0 Å². The number of nitrogens with two attached hydrogens (primary N) is 3. The van der Waals surface area contributed by atoms with E-state index in [9.17, 15) is 9.59 Å². The van der Waals surface area contributed by atoms with Crippen LogP contribution in [0.25, 0.3) is 0 Å². The molecule has 0 radical (unpaired) electrons. The third-order valence-corrected chi connectivity index (χ3v) is 2.84. The van der Waals surface area contributed by atoms with E-state index in [1.165, 1.54) is 0 Å². The van der Waals surface area contributed by atoms with E-state index in [-0.39, 0.29) is 25.7 Å². The molecule has 0 saturated heterocycles. The minimum atomic E-state index is -0.521. The zero-order valence-corrected chi connectivity index (χ0v) is 11.0. The summed E-state index contributed by atoms with van der Waals surface area (Å²) in [7, 11) is 0. The van der Waals surface area contributed by atoms with E-state index in [0.29, 0.717) is 0 Å². The molecule has 0 aliphatic heterocycles. The van der Waals surface area contributed by atoms with Crippen molar-refractivity contribution in [1.82, 2.24) is 4.90 Å². The number of nitrogens with zero attached hydrogens (tertiary/aromatic N) is 1. The highest BCUT2D eigenvalue weighted by atomic mass is 16.2. The van der Waals surface area contributed by atoms with Gasteiger partial charge < -0.3 is 17.2 Å². The SMILES string of the molecule is Cc1ccc(C(CN)N(CC(N)=O)CC(N)=O)cc1. The molecule has 6 N–H and O–H groups in total. The first kappa shape index (κ1) is 15.1. The van der Waals surface area contributed by atoms with Crippen molar-refractivity contribution in [3.05, 3.63) is 35.4 Å². The number of rotatable bonds is 7. The molecule has 19 heavy (non-hydrogen) atoms. The highest BCUT2D eigenvalue weighted by Gasteiger charge is 2.22. The quantitative estimate of drug-likeness (QED) is 0.602. The van der Waals surface area contributed by atoms with Gasteiger partial charge in [-0.05, 0) is 12.5 Å². The Kier molecular flexibility index (Phi) is 5.47. The molecule has 1 rings (SSSR count). The number of hydrogen-bond acceptors (Lipinski definition) is 4. The maximum Gasteiger partial charge on any atom is 0.231 e. The lowest BCUT2D eigenvalue weighted by Crippen LogP contribution is -2.44. The molecular weight excluding hydrogens is 244 g/mol. The van der Waals surface area contributed by atoms with Crippen LogP contribution in [0.4, 0.5) is 0 Å². The Labute approximate surface area is 112 Å². The third-order valence-electron chi connectivity index (χ3n) is 2.84. The minimum Gasteiger partial charge on any atom is -0.369 e. The number of carbonyl (C=O) groups is 2. The third kappa shape index (κ3) is 4.69. The highest BCUT2D eigenvalue weighted by Crippen LogP contribution is 2.19. The van der Waals surface area contributed by atoms with Crippen LogP contribution in [0.3, 0.4) is 0 Å². The van der Waals surface area contributed by atoms with E-state index in [0.717, 1.165) is 11.1 Å². The summed E-state index contributed by atoms with van der Waals surface area (Å²) in [6, 6.07) is 7.47. The molecule has 0 fully saturated rings. The van der Waals surface area contributed by atoms with Crippen molar-refractivity contribution in [2.24, 2.45) is 17.2 Å². The van der Waals surface area contributed by atoms with Crippen molar-refractivity contribution in [2.45, 2.75) is 13.0 Å². The van der Waals surface area contributed by atoms with E-state index in [1.54, 1.807) is 4.90 Å². The zero-order valence-electron chi connectivity index (χ0n) is 11.0. The number of carbonyl (C=O) groups excluding carboxylic acids is 2. The van der Waals surface area contributed by atoms with Crippen LogP contribution < -0.4 is 17.2 Å². The molecule has 0 bridgehead atoms. The maximum absolute atomic E-state index is 11.1. The van der Waals surface area contributed by atoms with E-state index >= 15 is 0 Å². The summed E-state index contributed by atoms with van der Waals surface area (Å²) in [6.07, 6.45) is 0. The molecule has 2 amide bonds. The zero-order chi connectivity index (χ0) is 14.4. The largest absolute Gasteiger partial charge is 0.369 e. The monoisotopic (exact) mass is 264 g/mol. The summed E-state index contributed by atoms with van der Waals surface area (Å²) >= 11 is 0. The Balaban J connectivity index is 2.97. The lowest BCUT2D eigenvalue weighted by Gasteiger charge is -2.29. The van der Waals surface area contributed by atoms with E-state index < -0.39 is 11.8 Å². The van der Waals surface area contributed by atoms with E-state index in [2.05, 4.69) is 0 Å². The second kappa shape index (κ2) is 6.86. The summed E-state index contributed by atoms with van der Waals surface area (Å²) < 4.78 is 0. The number of hydrogen-bond donors (Lipinski definition) is 3. The number of primary amides is 2. The van der Waals surface area contributed by atoms with Crippen LogP contribution >= 0.6 is 0 Å². The fourth-order valence-corrected chi connectivity index (χ4v) is 1.96. The van der Waals surface area contributed by atoms with Gasteiger partial charge in [-0.2, -0.15) is 0 Å². The van der Waals surface area contributed by atoms with Gasteiger partial charge in [0.25, 0.3) is 0 Å². The minimum absolute atomic E-state index is 0.0569. The summed E-state index contributed by atoms with van der Waals surface area (Å²) in [4.78, 5) is 23.8. The van der Waals surface area contributed by atoms with E-state index in [4.69, 9.17) is 17.2 Å². The first-order valence-corrected chi connectivity index (χ1v) is 6.01. The molecule has 6 nitrogen and oxygen atoms in total. The Bertz CT molecular complexity index is 428. The average Bonchev–Trinajstić information content (AvgIpc) is 2.30. The average molecular weight is 264 g/mol. The van der Waals surface area contributed by atoms with Crippen molar-refractivity contribution < 1.29 is 9.59 Å². The van der Waals surface area contributed by atoms with Crippen molar-refractivity contribution in [3.8, 4) is 0 Å². The lowest BCUT2D eigenvalue weighted by molar-refractivity contribution is -0.122. The summed E-state index contributed by atoms with van der Waals surface area (Å²) in [6.45, 7) is 2.13. The highest BCUT2D eigenvalue weighted by molar-refractivity contribution is 5.79. The van der Waals surface area contributed by atoms with Gasteiger partial charge in [-0.15, -0.1) is 0 Å². The van der Waals surface area contributed by atoms with Gasteiger partial charge in [-0.1, -0.05) is 29.8 Å². The van der Waals surface area contributed by atoms with E-state index in [1.807, 2.05) is 31.2 Å². The Morgan fingerprint density at radius 3 is 1.95 bits per heavy atom. The molecule has 0 aromatic heterocycles. The van der Waals surface area contributed by atoms with Crippen molar-refractivity contribution in [1.29, 1.82) is 0 Å². The second-order valence-corrected chi connectivity index (χ2v) is 4.50. The molecule has 1 aromatic rings. The van der Waals surface area contributed by atoms with Gasteiger partial charge in [0, 0.05) is 12.6 Å². The smallest absolute Gasteiger partial charge is 0.231 e. The van der Waals surface area contributed by atoms with Gasteiger partial charge in [0.1, 0.15) is 0 Å². The molecule has 0 saturated carbocycles. The molecule has 1 unspecified atom stereocenters. The Morgan fingerprint density at radius 2 is 1.58 bits per heavy atom. The van der Waals surface area contributed by atoms with Crippen LogP contribution in [0.2, 0.25) is 0 Å². The Morgan fingerprint density at radius 1 is 1.11 bits per heavy atom. The molecule has 1 atom stereocenters. The molecule has 104 valence electrons. The summed E-state index contributed by atoms with van der Waals surface area (Å²) in [5, 5.41) is 0. The van der Waals surface area contributed by atoms with Gasteiger partial charge >= 0.3 is 0 Å². The predicted molar refractivity (Wildman–Crippen MR) is 72.9 cm³/mol. The number of aryl methyl sites for hydroxylation is 1. The van der Waals surface area contributed by atoms with Crippen LogP contribution in [0.15, 0.2) is 24.3 Å². The standard InChI is InChI=1S/C13H20N4O2/c1-9-2-4-10(5-3-9)11(6-14)17(7-12(15)18)8-13(16)19/h2-5,11H,6-8,14H2,1H3,(H2,15,18)(H2,16,19). The maximum atomic E-state index is 11.1. The lowest BCUT2D eigenvalue weighted by atomic mass is 10.0. The second-order valence-electron chi connectivity index (χ2n) is 4.50. The molecule has 0 aliphatic carbocycles. The normalized spacial score (nSPS) is 12.4. The van der Waals surface area contributed by atoms with Crippen molar-refractivity contribution >= 4 is 11.8 Å². The molecule has 6 heteroatoms. The van der Waals surface area contributed by atoms with Crippen LogP contribution in [0.1, 0.15) is 17.2 Å². The van der Waals surface area contributed by atoms with Gasteiger partial charge in [0.2, 0.25) is 11.8 Å².